The van der Waals surface area contributed by atoms with Gasteiger partial charge in [0.05, 0.1) is 5.69 Å². The molecule has 2 aromatic rings. The van der Waals surface area contributed by atoms with Crippen LogP contribution in [0.3, 0.4) is 0 Å². The van der Waals surface area contributed by atoms with Crippen LogP contribution in [0.5, 0.6) is 0 Å². The van der Waals surface area contributed by atoms with Crippen molar-refractivity contribution in [2.75, 3.05) is 5.32 Å². The maximum atomic E-state index is 6.20. The maximum absolute atomic E-state index is 6.20. The third-order valence-corrected chi connectivity index (χ3v) is 4.49. The Morgan fingerprint density at radius 2 is 2.00 bits per heavy atom. The average molecular weight is 373 g/mol. The van der Waals surface area contributed by atoms with Crippen LogP contribution in [0, 0.1) is 6.92 Å². The minimum Gasteiger partial charge on any atom is -0.339 e. The monoisotopic (exact) mass is 371 g/mol. The van der Waals surface area contributed by atoms with E-state index in [1.54, 1.807) is 0 Å². The molecule has 0 saturated heterocycles. The fraction of sp³-hybridized carbons (Fsp3) is 0.286. The van der Waals surface area contributed by atoms with Gasteiger partial charge in [-0.1, -0.05) is 23.2 Å². The van der Waals surface area contributed by atoms with Crippen molar-refractivity contribution in [3.63, 3.8) is 0 Å². The second-order valence-electron chi connectivity index (χ2n) is 4.87. The van der Waals surface area contributed by atoms with Crippen molar-refractivity contribution in [2.45, 2.75) is 25.7 Å². The van der Waals surface area contributed by atoms with Gasteiger partial charge in [-0.05, 0) is 53.9 Å². The molecule has 0 amide bonds. The van der Waals surface area contributed by atoms with Crippen molar-refractivity contribution in [1.29, 1.82) is 0 Å². The highest BCUT2D eigenvalue weighted by molar-refractivity contribution is 9.10. The predicted molar refractivity (Wildman–Crippen MR) is 86.2 cm³/mol. The quantitative estimate of drug-likeness (QED) is 0.725. The van der Waals surface area contributed by atoms with Gasteiger partial charge in [-0.25, -0.2) is 9.97 Å². The summed E-state index contributed by atoms with van der Waals surface area (Å²) in [6.07, 6.45) is 2.28. The SMILES string of the molecule is Cc1c(Cl)nc(C2CC2)nc1Nc1ccc(Cl)cc1Br. The molecule has 6 heteroatoms. The average Bonchev–Trinajstić information content (AvgIpc) is 3.22. The van der Waals surface area contributed by atoms with Gasteiger partial charge in [0.1, 0.15) is 16.8 Å². The van der Waals surface area contributed by atoms with Gasteiger partial charge in [0.15, 0.2) is 0 Å². The molecule has 3 rings (SSSR count). The summed E-state index contributed by atoms with van der Waals surface area (Å²) >= 11 is 15.6. The standard InChI is InChI=1S/C14H12BrCl2N3/c1-7-12(17)19-14(8-2-3-8)20-13(7)18-11-5-4-9(16)6-10(11)15/h4-6,8H,2-3H2,1H3,(H,18,19,20). The Hall–Kier alpha value is -0.840. The van der Waals surface area contributed by atoms with Crippen molar-refractivity contribution in [3.8, 4) is 0 Å². The third-order valence-electron chi connectivity index (χ3n) is 3.23. The van der Waals surface area contributed by atoms with Crippen molar-refractivity contribution >= 4 is 50.6 Å². The Kier molecular flexibility index (Phi) is 3.89. The van der Waals surface area contributed by atoms with Gasteiger partial charge >= 0.3 is 0 Å². The van der Waals surface area contributed by atoms with Crippen molar-refractivity contribution in [1.82, 2.24) is 9.97 Å². The Labute approximate surface area is 135 Å². The van der Waals surface area contributed by atoms with Crippen LogP contribution in [-0.2, 0) is 0 Å². The van der Waals surface area contributed by atoms with E-state index in [0.29, 0.717) is 16.1 Å². The van der Waals surface area contributed by atoms with E-state index in [0.717, 1.165) is 40.2 Å². The molecule has 0 radical (unpaired) electrons. The van der Waals surface area contributed by atoms with Crippen LogP contribution < -0.4 is 5.32 Å². The molecule has 0 aliphatic heterocycles. The molecule has 1 N–H and O–H groups in total. The first-order valence-electron chi connectivity index (χ1n) is 6.30. The van der Waals surface area contributed by atoms with Crippen molar-refractivity contribution < 1.29 is 0 Å². The number of hydrogen-bond donors (Lipinski definition) is 1. The van der Waals surface area contributed by atoms with Gasteiger partial charge in [0, 0.05) is 21.0 Å². The molecular formula is C14H12BrCl2N3. The minimum absolute atomic E-state index is 0.460. The third kappa shape index (κ3) is 2.92. The van der Waals surface area contributed by atoms with E-state index >= 15 is 0 Å². The topological polar surface area (TPSA) is 37.8 Å². The van der Waals surface area contributed by atoms with Crippen LogP contribution in [-0.4, -0.2) is 9.97 Å². The van der Waals surface area contributed by atoms with Gasteiger partial charge in [-0.15, -0.1) is 0 Å². The Bertz CT molecular complexity index is 672. The van der Waals surface area contributed by atoms with E-state index in [2.05, 4.69) is 31.2 Å². The summed E-state index contributed by atoms with van der Waals surface area (Å²) in [4.78, 5) is 8.95. The highest BCUT2D eigenvalue weighted by atomic mass is 79.9. The number of rotatable bonds is 3. The fourth-order valence-electron chi connectivity index (χ4n) is 1.87. The van der Waals surface area contributed by atoms with Gasteiger partial charge in [0.2, 0.25) is 0 Å². The van der Waals surface area contributed by atoms with Crippen molar-refractivity contribution in [2.24, 2.45) is 0 Å². The van der Waals surface area contributed by atoms with Gasteiger partial charge in [-0.3, -0.25) is 0 Å². The lowest BCUT2D eigenvalue weighted by Crippen LogP contribution is -2.03. The number of anilines is 2. The van der Waals surface area contributed by atoms with Crippen LogP contribution in [0.1, 0.15) is 30.1 Å². The maximum Gasteiger partial charge on any atom is 0.138 e. The van der Waals surface area contributed by atoms with Crippen LogP contribution in [0.15, 0.2) is 22.7 Å². The van der Waals surface area contributed by atoms with Crippen LogP contribution in [0.2, 0.25) is 10.2 Å². The van der Waals surface area contributed by atoms with Crippen molar-refractivity contribution in [3.05, 3.63) is 44.2 Å². The summed E-state index contributed by atoms with van der Waals surface area (Å²) in [5.74, 6) is 2.03. The summed E-state index contributed by atoms with van der Waals surface area (Å²) in [6, 6.07) is 5.57. The fourth-order valence-corrected chi connectivity index (χ4v) is 2.83. The van der Waals surface area contributed by atoms with Crippen LogP contribution in [0.25, 0.3) is 0 Å². The summed E-state index contributed by atoms with van der Waals surface area (Å²) < 4.78 is 0.882. The molecule has 0 bridgehead atoms. The second-order valence-corrected chi connectivity index (χ2v) is 6.52. The molecule has 0 atom stereocenters. The Balaban J connectivity index is 1.97. The summed E-state index contributed by atoms with van der Waals surface area (Å²) in [7, 11) is 0. The molecule has 1 aromatic carbocycles. The molecule has 1 fully saturated rings. The van der Waals surface area contributed by atoms with Gasteiger partial charge in [-0.2, -0.15) is 0 Å². The largest absolute Gasteiger partial charge is 0.339 e. The molecule has 0 spiro atoms. The highest BCUT2D eigenvalue weighted by Crippen LogP contribution is 2.40. The van der Waals surface area contributed by atoms with Crippen LogP contribution in [0.4, 0.5) is 11.5 Å². The first-order valence-corrected chi connectivity index (χ1v) is 7.85. The lowest BCUT2D eigenvalue weighted by atomic mass is 10.2. The number of aromatic nitrogens is 2. The second kappa shape index (κ2) is 5.51. The number of nitrogens with one attached hydrogen (secondary N) is 1. The number of nitrogens with zero attached hydrogens (tertiary/aromatic N) is 2. The lowest BCUT2D eigenvalue weighted by molar-refractivity contribution is 0.922. The zero-order valence-electron chi connectivity index (χ0n) is 10.8. The normalized spacial score (nSPS) is 14.4. The molecule has 1 aromatic heterocycles. The number of halogens is 3. The Morgan fingerprint density at radius 3 is 2.65 bits per heavy atom. The van der Waals surface area contributed by atoms with E-state index in [4.69, 9.17) is 23.2 Å². The lowest BCUT2D eigenvalue weighted by Gasteiger charge is -2.12. The molecule has 104 valence electrons. The summed E-state index contributed by atoms with van der Waals surface area (Å²) in [5, 5.41) is 4.48. The summed E-state index contributed by atoms with van der Waals surface area (Å²) in [6.45, 7) is 1.91. The molecule has 1 heterocycles. The first kappa shape index (κ1) is 14.1. The van der Waals surface area contributed by atoms with E-state index in [1.807, 2.05) is 25.1 Å². The predicted octanol–water partition coefficient (Wildman–Crippen LogP) is 5.48. The first-order chi connectivity index (χ1) is 9.54. The molecule has 1 aliphatic rings. The zero-order valence-corrected chi connectivity index (χ0v) is 13.8. The van der Waals surface area contributed by atoms with Gasteiger partial charge < -0.3 is 5.32 Å². The van der Waals surface area contributed by atoms with E-state index in [-0.39, 0.29) is 0 Å². The highest BCUT2D eigenvalue weighted by Gasteiger charge is 2.28. The molecule has 1 saturated carbocycles. The molecule has 20 heavy (non-hydrogen) atoms. The van der Waals surface area contributed by atoms with Crippen LogP contribution >= 0.6 is 39.1 Å². The number of hydrogen-bond acceptors (Lipinski definition) is 3. The van der Waals surface area contributed by atoms with E-state index in [1.165, 1.54) is 0 Å². The Morgan fingerprint density at radius 1 is 1.25 bits per heavy atom. The van der Waals surface area contributed by atoms with Gasteiger partial charge in [0.25, 0.3) is 0 Å². The molecule has 1 aliphatic carbocycles. The smallest absolute Gasteiger partial charge is 0.138 e. The summed E-state index contributed by atoms with van der Waals surface area (Å²) in [5.41, 5.74) is 1.74. The number of benzene rings is 1. The van der Waals surface area contributed by atoms with E-state index in [9.17, 15) is 0 Å². The molecular weight excluding hydrogens is 361 g/mol. The minimum atomic E-state index is 0.460. The van der Waals surface area contributed by atoms with E-state index < -0.39 is 0 Å². The zero-order chi connectivity index (χ0) is 14.3. The molecule has 3 nitrogen and oxygen atoms in total. The molecule has 0 unspecified atom stereocenters.